The zero-order chi connectivity index (χ0) is 10.8. The number of hydrogen-bond donors (Lipinski definition) is 1. The SMILES string of the molecule is COCC(C)N(C)C1CC2CCC(C1)N2. The molecule has 0 saturated carbocycles. The molecule has 15 heavy (non-hydrogen) atoms. The van der Waals surface area contributed by atoms with E-state index in [2.05, 4.69) is 24.2 Å². The minimum atomic E-state index is 0.539. The van der Waals surface area contributed by atoms with Crippen LogP contribution in [0.5, 0.6) is 0 Å². The Kier molecular flexibility index (Phi) is 3.65. The van der Waals surface area contributed by atoms with E-state index in [1.54, 1.807) is 7.11 Å². The van der Waals surface area contributed by atoms with Gasteiger partial charge in [0.2, 0.25) is 0 Å². The number of fused-ring (bicyclic) bond motifs is 2. The van der Waals surface area contributed by atoms with Crippen molar-refractivity contribution in [1.82, 2.24) is 10.2 Å². The molecular weight excluding hydrogens is 188 g/mol. The first-order chi connectivity index (χ1) is 7.20. The number of nitrogens with one attached hydrogen (secondary N) is 1. The quantitative estimate of drug-likeness (QED) is 0.759. The zero-order valence-electron chi connectivity index (χ0n) is 10.2. The van der Waals surface area contributed by atoms with Crippen LogP contribution in [0.2, 0.25) is 0 Å². The van der Waals surface area contributed by atoms with Crippen LogP contribution in [0, 0.1) is 0 Å². The highest BCUT2D eigenvalue weighted by molar-refractivity contribution is 4.95. The molecule has 2 heterocycles. The second kappa shape index (κ2) is 4.81. The fourth-order valence-corrected chi connectivity index (χ4v) is 3.08. The van der Waals surface area contributed by atoms with E-state index in [0.717, 1.165) is 24.7 Å². The summed E-state index contributed by atoms with van der Waals surface area (Å²) in [6.07, 6.45) is 5.41. The number of hydrogen-bond acceptors (Lipinski definition) is 3. The maximum atomic E-state index is 5.23. The lowest BCUT2D eigenvalue weighted by atomic mass is 9.97. The first kappa shape index (κ1) is 11.4. The third kappa shape index (κ3) is 2.52. The Morgan fingerprint density at radius 3 is 2.47 bits per heavy atom. The molecule has 3 atom stereocenters. The van der Waals surface area contributed by atoms with Crippen LogP contribution in [0.4, 0.5) is 0 Å². The minimum absolute atomic E-state index is 0.539. The Hall–Kier alpha value is -0.120. The zero-order valence-corrected chi connectivity index (χ0v) is 10.2. The molecule has 2 rings (SSSR count). The number of likely N-dealkylation sites (N-methyl/N-ethyl adjacent to an activating group) is 1. The molecule has 3 nitrogen and oxygen atoms in total. The second-order valence-corrected chi connectivity index (χ2v) is 5.23. The third-order valence-corrected chi connectivity index (χ3v) is 4.13. The lowest BCUT2D eigenvalue weighted by Gasteiger charge is -2.38. The van der Waals surface area contributed by atoms with Gasteiger partial charge in [0.1, 0.15) is 0 Å². The van der Waals surface area contributed by atoms with Gasteiger partial charge in [-0.25, -0.2) is 0 Å². The van der Waals surface area contributed by atoms with Crippen LogP contribution in [-0.4, -0.2) is 49.8 Å². The summed E-state index contributed by atoms with van der Waals surface area (Å²) < 4.78 is 5.23. The predicted octanol–water partition coefficient (Wildman–Crippen LogP) is 1.24. The van der Waals surface area contributed by atoms with Crippen molar-refractivity contribution in [3.05, 3.63) is 0 Å². The van der Waals surface area contributed by atoms with Crippen LogP contribution in [-0.2, 0) is 4.74 Å². The summed E-state index contributed by atoms with van der Waals surface area (Å²) >= 11 is 0. The van der Waals surface area contributed by atoms with Gasteiger partial charge in [-0.3, -0.25) is 4.90 Å². The monoisotopic (exact) mass is 212 g/mol. The van der Waals surface area contributed by atoms with Crippen LogP contribution in [0.1, 0.15) is 32.6 Å². The Bertz CT molecular complexity index is 198. The lowest BCUT2D eigenvalue weighted by molar-refractivity contribution is 0.0704. The molecule has 0 amide bonds. The van der Waals surface area contributed by atoms with Crippen LogP contribution in [0.25, 0.3) is 0 Å². The maximum absolute atomic E-state index is 5.23. The summed E-state index contributed by atoms with van der Waals surface area (Å²) in [4.78, 5) is 2.51. The molecule has 88 valence electrons. The van der Waals surface area contributed by atoms with Gasteiger partial charge in [-0.05, 0) is 39.7 Å². The molecule has 2 aliphatic rings. The Balaban J connectivity index is 1.87. The minimum Gasteiger partial charge on any atom is -0.383 e. The molecule has 0 aliphatic carbocycles. The second-order valence-electron chi connectivity index (χ2n) is 5.23. The molecule has 0 spiro atoms. The summed E-state index contributed by atoms with van der Waals surface area (Å²) in [7, 11) is 4.04. The van der Waals surface area contributed by atoms with Gasteiger partial charge in [-0.15, -0.1) is 0 Å². The number of nitrogens with zero attached hydrogens (tertiary/aromatic N) is 1. The average molecular weight is 212 g/mol. The van der Waals surface area contributed by atoms with Crippen LogP contribution < -0.4 is 5.32 Å². The summed E-state index contributed by atoms with van der Waals surface area (Å²) in [6, 6.07) is 2.86. The van der Waals surface area contributed by atoms with Crippen molar-refractivity contribution in [2.75, 3.05) is 20.8 Å². The molecule has 0 radical (unpaired) electrons. The van der Waals surface area contributed by atoms with Crippen molar-refractivity contribution in [2.24, 2.45) is 0 Å². The van der Waals surface area contributed by atoms with E-state index in [1.165, 1.54) is 25.7 Å². The summed E-state index contributed by atoms with van der Waals surface area (Å²) in [5.41, 5.74) is 0. The summed E-state index contributed by atoms with van der Waals surface area (Å²) in [5, 5.41) is 3.69. The fraction of sp³-hybridized carbons (Fsp3) is 1.00. The average Bonchev–Trinajstić information content (AvgIpc) is 2.57. The van der Waals surface area contributed by atoms with Crippen LogP contribution in [0.3, 0.4) is 0 Å². The fourth-order valence-electron chi connectivity index (χ4n) is 3.08. The van der Waals surface area contributed by atoms with E-state index >= 15 is 0 Å². The van der Waals surface area contributed by atoms with Gasteiger partial charge < -0.3 is 10.1 Å². The number of ether oxygens (including phenoxy) is 1. The third-order valence-electron chi connectivity index (χ3n) is 4.13. The normalized spacial score (nSPS) is 37.2. The van der Waals surface area contributed by atoms with E-state index < -0.39 is 0 Å². The molecule has 3 unspecified atom stereocenters. The van der Waals surface area contributed by atoms with Gasteiger partial charge in [-0.2, -0.15) is 0 Å². The van der Waals surface area contributed by atoms with Crippen LogP contribution >= 0.6 is 0 Å². The number of rotatable bonds is 4. The Morgan fingerprint density at radius 2 is 1.93 bits per heavy atom. The standard InChI is InChI=1S/C12H24N2O/c1-9(8-15-3)14(2)12-6-10-4-5-11(7-12)13-10/h9-13H,4-8H2,1-3H3. The van der Waals surface area contributed by atoms with E-state index in [0.29, 0.717) is 6.04 Å². The highest BCUT2D eigenvalue weighted by atomic mass is 16.5. The highest BCUT2D eigenvalue weighted by Crippen LogP contribution is 2.29. The number of methoxy groups -OCH3 is 1. The maximum Gasteiger partial charge on any atom is 0.0615 e. The van der Waals surface area contributed by atoms with Crippen molar-refractivity contribution in [1.29, 1.82) is 0 Å². The van der Waals surface area contributed by atoms with Crippen LogP contribution in [0.15, 0.2) is 0 Å². The van der Waals surface area contributed by atoms with Gasteiger partial charge in [0, 0.05) is 31.3 Å². The molecule has 0 aromatic heterocycles. The molecular formula is C12H24N2O. The molecule has 3 heteroatoms. The van der Waals surface area contributed by atoms with Gasteiger partial charge in [-0.1, -0.05) is 0 Å². The molecule has 2 aliphatic heterocycles. The Morgan fingerprint density at radius 1 is 1.33 bits per heavy atom. The largest absolute Gasteiger partial charge is 0.383 e. The molecule has 2 fully saturated rings. The van der Waals surface area contributed by atoms with Crippen molar-refractivity contribution in [3.8, 4) is 0 Å². The molecule has 0 aromatic carbocycles. The Labute approximate surface area is 93.2 Å². The van der Waals surface area contributed by atoms with Crippen molar-refractivity contribution < 1.29 is 4.74 Å². The predicted molar refractivity (Wildman–Crippen MR) is 62.1 cm³/mol. The van der Waals surface area contributed by atoms with Gasteiger partial charge in [0.15, 0.2) is 0 Å². The molecule has 2 bridgehead atoms. The summed E-state index contributed by atoms with van der Waals surface area (Å²) in [6.45, 7) is 3.10. The van der Waals surface area contributed by atoms with Crippen molar-refractivity contribution in [2.45, 2.75) is 56.8 Å². The smallest absolute Gasteiger partial charge is 0.0615 e. The van der Waals surface area contributed by atoms with Crippen molar-refractivity contribution in [3.63, 3.8) is 0 Å². The number of piperidine rings is 1. The lowest BCUT2D eigenvalue weighted by Crippen LogP contribution is -2.50. The van der Waals surface area contributed by atoms with Crippen molar-refractivity contribution >= 4 is 0 Å². The van der Waals surface area contributed by atoms with E-state index in [9.17, 15) is 0 Å². The van der Waals surface area contributed by atoms with Gasteiger partial charge in [0.05, 0.1) is 6.61 Å². The summed E-state index contributed by atoms with van der Waals surface area (Å²) in [5.74, 6) is 0. The molecule has 0 aromatic rings. The first-order valence-electron chi connectivity index (χ1n) is 6.17. The topological polar surface area (TPSA) is 24.5 Å². The highest BCUT2D eigenvalue weighted by Gasteiger charge is 2.35. The van der Waals surface area contributed by atoms with Gasteiger partial charge in [0.25, 0.3) is 0 Å². The van der Waals surface area contributed by atoms with E-state index in [1.807, 2.05) is 0 Å². The van der Waals surface area contributed by atoms with E-state index in [4.69, 9.17) is 4.74 Å². The molecule has 1 N–H and O–H groups in total. The van der Waals surface area contributed by atoms with Gasteiger partial charge >= 0.3 is 0 Å². The first-order valence-corrected chi connectivity index (χ1v) is 6.17. The van der Waals surface area contributed by atoms with E-state index in [-0.39, 0.29) is 0 Å². The molecule has 2 saturated heterocycles.